The molecule has 1 aliphatic carbocycles. The molecule has 2 aromatic rings. The molecule has 0 aliphatic heterocycles. The smallest absolute Gasteiger partial charge is 0.414 e. The standard InChI is InChI=1S/C23H28N2O4S/c1-5-29-23(28)25-21(27)20-17-9-7-14(3)11-18(17)30-22(20)24-19(26)12-16-10-13(2)6-8-15(16)4/h6,8,10,14H,5,7,9,11-12H2,1-4H3,(H,24,26)(H,25,27,28). The van der Waals surface area contributed by atoms with Crippen molar-refractivity contribution < 1.29 is 19.1 Å². The molecule has 1 atom stereocenters. The summed E-state index contributed by atoms with van der Waals surface area (Å²) in [6.07, 6.45) is 2.04. The number of benzene rings is 1. The van der Waals surface area contributed by atoms with Crippen molar-refractivity contribution in [2.45, 2.75) is 53.4 Å². The Bertz CT molecular complexity index is 980. The van der Waals surface area contributed by atoms with Gasteiger partial charge in [0.05, 0.1) is 18.6 Å². The second-order valence-corrected chi connectivity index (χ2v) is 8.99. The Balaban J connectivity index is 1.85. The Hall–Kier alpha value is -2.67. The van der Waals surface area contributed by atoms with Crippen LogP contribution in [-0.4, -0.2) is 24.5 Å². The van der Waals surface area contributed by atoms with Gasteiger partial charge in [0.15, 0.2) is 0 Å². The van der Waals surface area contributed by atoms with E-state index in [0.29, 0.717) is 16.5 Å². The van der Waals surface area contributed by atoms with Gasteiger partial charge in [0.25, 0.3) is 5.91 Å². The van der Waals surface area contributed by atoms with Gasteiger partial charge in [-0.25, -0.2) is 4.79 Å². The number of hydrogen-bond donors (Lipinski definition) is 2. The molecule has 0 bridgehead atoms. The van der Waals surface area contributed by atoms with E-state index in [0.717, 1.165) is 46.4 Å². The highest BCUT2D eigenvalue weighted by atomic mass is 32.1. The first-order valence-electron chi connectivity index (χ1n) is 10.3. The van der Waals surface area contributed by atoms with E-state index in [2.05, 4.69) is 17.6 Å². The Morgan fingerprint density at radius 2 is 2.00 bits per heavy atom. The quantitative estimate of drug-likeness (QED) is 0.731. The van der Waals surface area contributed by atoms with E-state index in [-0.39, 0.29) is 18.9 Å². The number of rotatable bonds is 5. The van der Waals surface area contributed by atoms with Crippen LogP contribution in [0.3, 0.4) is 0 Å². The molecule has 6 nitrogen and oxygen atoms in total. The van der Waals surface area contributed by atoms with Gasteiger partial charge in [-0.3, -0.25) is 14.9 Å². The molecule has 1 aromatic carbocycles. The molecule has 1 unspecified atom stereocenters. The molecule has 3 amide bonds. The molecular weight excluding hydrogens is 400 g/mol. The van der Waals surface area contributed by atoms with Crippen molar-refractivity contribution in [2.75, 3.05) is 11.9 Å². The maximum Gasteiger partial charge on any atom is 0.414 e. The Kier molecular flexibility index (Phi) is 6.92. The zero-order valence-corrected chi connectivity index (χ0v) is 18.7. The number of aryl methyl sites for hydroxylation is 2. The fourth-order valence-corrected chi connectivity index (χ4v) is 5.16. The van der Waals surface area contributed by atoms with Crippen molar-refractivity contribution in [1.29, 1.82) is 0 Å². The lowest BCUT2D eigenvalue weighted by atomic mass is 9.88. The van der Waals surface area contributed by atoms with Crippen molar-refractivity contribution in [3.05, 3.63) is 50.9 Å². The lowest BCUT2D eigenvalue weighted by Gasteiger charge is -2.18. The summed E-state index contributed by atoms with van der Waals surface area (Å²) in [6.45, 7) is 8.01. The van der Waals surface area contributed by atoms with Crippen LogP contribution in [0.25, 0.3) is 0 Å². The normalized spacial score (nSPS) is 15.3. The van der Waals surface area contributed by atoms with Gasteiger partial charge in [-0.1, -0.05) is 30.7 Å². The van der Waals surface area contributed by atoms with Gasteiger partial charge in [0.1, 0.15) is 5.00 Å². The third kappa shape index (κ3) is 5.08. The second-order valence-electron chi connectivity index (χ2n) is 7.89. The summed E-state index contributed by atoms with van der Waals surface area (Å²) in [7, 11) is 0. The summed E-state index contributed by atoms with van der Waals surface area (Å²) in [5, 5.41) is 5.72. The van der Waals surface area contributed by atoms with Crippen LogP contribution in [0, 0.1) is 19.8 Å². The molecule has 160 valence electrons. The van der Waals surface area contributed by atoms with Gasteiger partial charge >= 0.3 is 6.09 Å². The third-order valence-electron chi connectivity index (χ3n) is 5.34. The predicted molar refractivity (Wildman–Crippen MR) is 118 cm³/mol. The maximum atomic E-state index is 12.8. The summed E-state index contributed by atoms with van der Waals surface area (Å²) >= 11 is 1.44. The molecule has 0 spiro atoms. The number of alkyl carbamates (subject to hydrolysis) is 1. The number of hydrogen-bond acceptors (Lipinski definition) is 5. The van der Waals surface area contributed by atoms with Crippen molar-refractivity contribution in [3.8, 4) is 0 Å². The first-order chi connectivity index (χ1) is 14.3. The molecular formula is C23H28N2O4S. The van der Waals surface area contributed by atoms with Gasteiger partial charge in [-0.05, 0) is 62.6 Å². The summed E-state index contributed by atoms with van der Waals surface area (Å²) in [5.41, 5.74) is 4.43. The minimum Gasteiger partial charge on any atom is -0.450 e. The number of ether oxygens (including phenoxy) is 1. The number of thiophene rings is 1. The monoisotopic (exact) mass is 428 g/mol. The van der Waals surface area contributed by atoms with Crippen LogP contribution in [0.15, 0.2) is 18.2 Å². The van der Waals surface area contributed by atoms with Gasteiger partial charge in [-0.15, -0.1) is 11.3 Å². The highest BCUT2D eigenvalue weighted by molar-refractivity contribution is 7.17. The predicted octanol–water partition coefficient (Wildman–Crippen LogP) is 4.56. The fraction of sp³-hybridized carbons (Fsp3) is 0.435. The SMILES string of the molecule is CCOC(=O)NC(=O)c1c(NC(=O)Cc2cc(C)ccc2C)sc2c1CCC(C)C2. The molecule has 0 fully saturated rings. The van der Waals surface area contributed by atoms with E-state index in [1.54, 1.807) is 6.92 Å². The van der Waals surface area contributed by atoms with E-state index in [9.17, 15) is 14.4 Å². The molecule has 0 radical (unpaired) electrons. The largest absolute Gasteiger partial charge is 0.450 e. The molecule has 1 aliphatic rings. The van der Waals surface area contributed by atoms with E-state index in [4.69, 9.17) is 4.74 Å². The van der Waals surface area contributed by atoms with Crippen LogP contribution in [-0.2, 0) is 28.8 Å². The number of carbonyl (C=O) groups is 3. The van der Waals surface area contributed by atoms with Gasteiger partial charge in [-0.2, -0.15) is 0 Å². The highest BCUT2D eigenvalue weighted by Gasteiger charge is 2.29. The summed E-state index contributed by atoms with van der Waals surface area (Å²) in [5.74, 6) is -0.182. The first kappa shape index (κ1) is 22.0. The van der Waals surface area contributed by atoms with Crippen molar-refractivity contribution in [1.82, 2.24) is 5.32 Å². The van der Waals surface area contributed by atoms with Crippen LogP contribution in [0.5, 0.6) is 0 Å². The Morgan fingerprint density at radius 1 is 1.23 bits per heavy atom. The number of amides is 3. The summed E-state index contributed by atoms with van der Waals surface area (Å²) < 4.78 is 4.84. The molecule has 1 heterocycles. The van der Waals surface area contributed by atoms with Gasteiger partial charge < -0.3 is 10.1 Å². The first-order valence-corrected chi connectivity index (χ1v) is 11.1. The number of imide groups is 1. The molecule has 3 rings (SSSR count). The number of carbonyl (C=O) groups excluding carboxylic acids is 3. The average molecular weight is 429 g/mol. The Morgan fingerprint density at radius 3 is 2.73 bits per heavy atom. The van der Waals surface area contributed by atoms with Crippen LogP contribution in [0.2, 0.25) is 0 Å². The second kappa shape index (κ2) is 9.43. The molecule has 1 aromatic heterocycles. The van der Waals surface area contributed by atoms with Crippen molar-refractivity contribution in [2.24, 2.45) is 5.92 Å². The summed E-state index contributed by atoms with van der Waals surface area (Å²) in [4.78, 5) is 38.5. The van der Waals surface area contributed by atoms with Crippen LogP contribution in [0.1, 0.15) is 57.8 Å². The number of anilines is 1. The lowest BCUT2D eigenvalue weighted by Crippen LogP contribution is -2.32. The van der Waals surface area contributed by atoms with Gasteiger partial charge in [0.2, 0.25) is 5.91 Å². The van der Waals surface area contributed by atoms with E-state index in [1.807, 2.05) is 32.0 Å². The van der Waals surface area contributed by atoms with Crippen molar-refractivity contribution in [3.63, 3.8) is 0 Å². The minimum atomic E-state index is -0.778. The van der Waals surface area contributed by atoms with E-state index >= 15 is 0 Å². The lowest BCUT2D eigenvalue weighted by molar-refractivity contribution is -0.115. The Labute approximate surface area is 181 Å². The van der Waals surface area contributed by atoms with Crippen molar-refractivity contribution >= 4 is 34.2 Å². The van der Waals surface area contributed by atoms with Crippen LogP contribution < -0.4 is 10.6 Å². The van der Waals surface area contributed by atoms with Crippen LogP contribution in [0.4, 0.5) is 9.80 Å². The third-order valence-corrected chi connectivity index (χ3v) is 6.51. The molecule has 7 heteroatoms. The minimum absolute atomic E-state index is 0.178. The zero-order valence-electron chi connectivity index (χ0n) is 17.9. The van der Waals surface area contributed by atoms with E-state index in [1.165, 1.54) is 11.3 Å². The fourth-order valence-electron chi connectivity index (χ4n) is 3.74. The topological polar surface area (TPSA) is 84.5 Å². The maximum absolute atomic E-state index is 12.8. The van der Waals surface area contributed by atoms with Crippen LogP contribution >= 0.6 is 11.3 Å². The molecule has 2 N–H and O–H groups in total. The molecule has 0 saturated carbocycles. The zero-order chi connectivity index (χ0) is 21.8. The molecule has 30 heavy (non-hydrogen) atoms. The number of nitrogens with one attached hydrogen (secondary N) is 2. The van der Waals surface area contributed by atoms with Gasteiger partial charge in [0, 0.05) is 4.88 Å². The number of fused-ring (bicyclic) bond motifs is 1. The molecule has 0 saturated heterocycles. The average Bonchev–Trinajstić information content (AvgIpc) is 3.01. The highest BCUT2D eigenvalue weighted by Crippen LogP contribution is 2.39. The van der Waals surface area contributed by atoms with E-state index < -0.39 is 12.0 Å². The summed E-state index contributed by atoms with van der Waals surface area (Å²) in [6, 6.07) is 6.02.